The second kappa shape index (κ2) is 7.33. The number of nitrogens with zero attached hydrogens (tertiary/aromatic N) is 2. The maximum Gasteiger partial charge on any atom is 0.161 e. The van der Waals surface area contributed by atoms with Crippen molar-refractivity contribution < 1.29 is 4.74 Å². The van der Waals surface area contributed by atoms with Crippen LogP contribution in [0.4, 0.5) is 0 Å². The predicted molar refractivity (Wildman–Crippen MR) is 91.0 cm³/mol. The van der Waals surface area contributed by atoms with Gasteiger partial charge in [0.25, 0.3) is 0 Å². The summed E-state index contributed by atoms with van der Waals surface area (Å²) in [5.41, 5.74) is 7.32. The van der Waals surface area contributed by atoms with Crippen LogP contribution in [0.2, 0.25) is 0 Å². The lowest BCUT2D eigenvalue weighted by atomic mass is 10.2. The number of nitrogens with two attached hydrogens (primary N) is 1. The molecule has 1 atom stereocenters. The first-order chi connectivity index (χ1) is 10.0. The van der Waals surface area contributed by atoms with Gasteiger partial charge in [0.05, 0.1) is 25.0 Å². The fourth-order valence-electron chi connectivity index (χ4n) is 2.07. The third-order valence-corrected chi connectivity index (χ3v) is 4.76. The molecule has 2 rings (SSSR count). The van der Waals surface area contributed by atoms with Crippen molar-refractivity contribution in [2.24, 2.45) is 5.73 Å². The maximum absolute atomic E-state index is 6.36. The summed E-state index contributed by atoms with van der Waals surface area (Å²) in [5.74, 6) is 1.53. The predicted octanol–water partition coefficient (Wildman–Crippen LogP) is 4.03. The van der Waals surface area contributed by atoms with E-state index in [-0.39, 0.29) is 12.1 Å². The van der Waals surface area contributed by atoms with Gasteiger partial charge in [0.2, 0.25) is 0 Å². The molecule has 0 aliphatic carbocycles. The van der Waals surface area contributed by atoms with Crippen molar-refractivity contribution in [1.82, 2.24) is 9.78 Å². The van der Waals surface area contributed by atoms with Crippen molar-refractivity contribution in [1.29, 1.82) is 0 Å². The van der Waals surface area contributed by atoms with E-state index in [4.69, 9.17) is 10.5 Å². The minimum atomic E-state index is -0.126. The van der Waals surface area contributed by atoms with Crippen molar-refractivity contribution >= 4 is 27.7 Å². The summed E-state index contributed by atoms with van der Waals surface area (Å²) in [6.45, 7) is 4.18. The van der Waals surface area contributed by atoms with Crippen LogP contribution in [0.15, 0.2) is 39.8 Å². The van der Waals surface area contributed by atoms with Gasteiger partial charge in [-0.1, -0.05) is 15.9 Å². The highest BCUT2D eigenvalue weighted by atomic mass is 79.9. The van der Waals surface area contributed by atoms with Gasteiger partial charge in [-0.2, -0.15) is 5.10 Å². The highest BCUT2D eigenvalue weighted by Crippen LogP contribution is 2.30. The summed E-state index contributed by atoms with van der Waals surface area (Å²) in [5, 5.41) is 4.37. The molecule has 1 aromatic carbocycles. The molecular weight excluding hydrogens is 350 g/mol. The average molecular weight is 370 g/mol. The van der Waals surface area contributed by atoms with E-state index in [2.05, 4.69) is 47.0 Å². The fraction of sp³-hybridized carbons (Fsp3) is 0.400. The van der Waals surface area contributed by atoms with E-state index in [9.17, 15) is 0 Å². The Morgan fingerprint density at radius 1 is 1.33 bits per heavy atom. The van der Waals surface area contributed by atoms with Crippen LogP contribution >= 0.6 is 27.7 Å². The van der Waals surface area contributed by atoms with Crippen molar-refractivity contribution in [2.75, 3.05) is 12.9 Å². The average Bonchev–Trinajstić information content (AvgIpc) is 2.90. The van der Waals surface area contributed by atoms with Crippen molar-refractivity contribution in [3.05, 3.63) is 40.6 Å². The van der Waals surface area contributed by atoms with Gasteiger partial charge in [-0.3, -0.25) is 4.68 Å². The molecule has 4 nitrogen and oxygen atoms in total. The monoisotopic (exact) mass is 369 g/mol. The Kier molecular flexibility index (Phi) is 5.72. The minimum Gasteiger partial charge on any atom is -0.493 e. The molecule has 21 heavy (non-hydrogen) atoms. The first-order valence-electron chi connectivity index (χ1n) is 6.78. The molecule has 1 aromatic heterocycles. The number of thioether (sulfide) groups is 1. The van der Waals surface area contributed by atoms with Crippen molar-refractivity contribution in [3.8, 4) is 5.75 Å². The Morgan fingerprint density at radius 2 is 2.00 bits per heavy atom. The topological polar surface area (TPSA) is 53.1 Å². The quantitative estimate of drug-likeness (QED) is 0.781. The summed E-state index contributed by atoms with van der Waals surface area (Å²) in [6, 6.07) is 8.36. The van der Waals surface area contributed by atoms with E-state index in [1.807, 2.05) is 16.8 Å². The number of ether oxygens (including phenoxy) is 1. The molecule has 0 bridgehead atoms. The first kappa shape index (κ1) is 16.4. The van der Waals surface area contributed by atoms with Gasteiger partial charge in [-0.25, -0.2) is 0 Å². The van der Waals surface area contributed by atoms with Gasteiger partial charge in [0, 0.05) is 21.2 Å². The van der Waals surface area contributed by atoms with E-state index < -0.39 is 0 Å². The van der Waals surface area contributed by atoms with Crippen LogP contribution < -0.4 is 10.5 Å². The number of halogens is 1. The largest absolute Gasteiger partial charge is 0.493 e. The van der Waals surface area contributed by atoms with E-state index in [0.717, 1.165) is 21.7 Å². The van der Waals surface area contributed by atoms with Gasteiger partial charge in [0.15, 0.2) is 5.75 Å². The molecule has 0 aliphatic rings. The fourth-order valence-corrected chi connectivity index (χ4v) is 3.20. The molecule has 1 unspecified atom stereocenters. The lowest BCUT2D eigenvalue weighted by Crippen LogP contribution is -2.20. The summed E-state index contributed by atoms with van der Waals surface area (Å²) in [7, 11) is 1.65. The number of hydrogen-bond acceptors (Lipinski definition) is 4. The zero-order valence-corrected chi connectivity index (χ0v) is 14.8. The van der Waals surface area contributed by atoms with Crippen molar-refractivity contribution in [2.45, 2.75) is 30.8 Å². The molecule has 0 radical (unpaired) electrons. The molecule has 0 amide bonds. The van der Waals surface area contributed by atoms with Crippen molar-refractivity contribution in [3.63, 3.8) is 0 Å². The highest BCUT2D eigenvalue weighted by molar-refractivity contribution is 9.10. The normalized spacial score (nSPS) is 12.7. The molecule has 0 saturated heterocycles. The van der Waals surface area contributed by atoms with Crippen LogP contribution in [0.5, 0.6) is 5.75 Å². The van der Waals surface area contributed by atoms with Crippen LogP contribution in [0.25, 0.3) is 0 Å². The van der Waals surface area contributed by atoms with Crippen LogP contribution in [-0.4, -0.2) is 22.6 Å². The number of hydrogen-bond donors (Lipinski definition) is 1. The molecule has 1 heterocycles. The summed E-state index contributed by atoms with van der Waals surface area (Å²) in [6.07, 6.45) is 1.74. The molecule has 0 saturated carbocycles. The Balaban J connectivity index is 2.11. The number of aromatic nitrogens is 2. The second-order valence-corrected chi connectivity index (χ2v) is 7.02. The smallest absolute Gasteiger partial charge is 0.161 e. The Hall–Kier alpha value is -0.980. The lowest BCUT2D eigenvalue weighted by molar-refractivity contribution is 0.399. The molecular formula is C15H20BrN3OS. The van der Waals surface area contributed by atoms with E-state index in [1.165, 1.54) is 4.90 Å². The standard InChI is InChI=1S/C15H20BrN3OS/c1-10(2)19-15(14(20-3)8-18-19)13(17)9-21-12-6-4-11(16)5-7-12/h4-8,10,13H,9,17H2,1-3H3. The molecule has 0 spiro atoms. The number of methoxy groups -OCH3 is 1. The first-order valence-corrected chi connectivity index (χ1v) is 8.56. The SMILES string of the molecule is COc1cnn(C(C)C)c1C(N)CSc1ccc(Br)cc1. The van der Waals surface area contributed by atoms with Gasteiger partial charge < -0.3 is 10.5 Å². The summed E-state index contributed by atoms with van der Waals surface area (Å²) < 4.78 is 8.40. The number of benzene rings is 1. The van der Waals surface area contributed by atoms with E-state index in [1.54, 1.807) is 25.1 Å². The molecule has 0 fully saturated rings. The number of rotatable bonds is 6. The zero-order chi connectivity index (χ0) is 15.4. The van der Waals surface area contributed by atoms with Gasteiger partial charge in [0.1, 0.15) is 0 Å². The van der Waals surface area contributed by atoms with Crippen LogP contribution in [0.3, 0.4) is 0 Å². The third kappa shape index (κ3) is 4.02. The van der Waals surface area contributed by atoms with Gasteiger partial charge in [-0.15, -0.1) is 11.8 Å². The zero-order valence-electron chi connectivity index (χ0n) is 12.4. The summed E-state index contributed by atoms with van der Waals surface area (Å²) in [4.78, 5) is 1.20. The summed E-state index contributed by atoms with van der Waals surface area (Å²) >= 11 is 5.17. The van der Waals surface area contributed by atoms with Crippen LogP contribution in [0, 0.1) is 0 Å². The third-order valence-electron chi connectivity index (χ3n) is 3.10. The van der Waals surface area contributed by atoms with E-state index in [0.29, 0.717) is 0 Å². The maximum atomic E-state index is 6.36. The van der Waals surface area contributed by atoms with Crippen LogP contribution in [-0.2, 0) is 0 Å². The Bertz CT molecular complexity index is 583. The second-order valence-electron chi connectivity index (χ2n) is 5.01. The highest BCUT2D eigenvalue weighted by Gasteiger charge is 2.20. The van der Waals surface area contributed by atoms with E-state index >= 15 is 0 Å². The van der Waals surface area contributed by atoms with Crippen LogP contribution in [0.1, 0.15) is 31.6 Å². The molecule has 6 heteroatoms. The Labute approximate surface area is 138 Å². The molecule has 0 aliphatic heterocycles. The lowest BCUT2D eigenvalue weighted by Gasteiger charge is -2.17. The van der Waals surface area contributed by atoms with Gasteiger partial charge >= 0.3 is 0 Å². The van der Waals surface area contributed by atoms with Gasteiger partial charge in [-0.05, 0) is 38.1 Å². The molecule has 2 N–H and O–H groups in total. The minimum absolute atomic E-state index is 0.126. The molecule has 2 aromatic rings. The Morgan fingerprint density at radius 3 is 2.57 bits per heavy atom. The molecule has 114 valence electrons.